The molecule has 2 fully saturated rings. The molecule has 2 aliphatic rings. The third-order valence-electron chi connectivity index (χ3n) is 6.37. The first kappa shape index (κ1) is 24.0. The fraction of sp³-hybridized carbons (Fsp3) is 0.600. The van der Waals surface area contributed by atoms with Crippen LogP contribution in [0, 0.1) is 0 Å². The molecular weight excluding hydrogens is 408 g/mol. The van der Waals surface area contributed by atoms with E-state index in [-0.39, 0.29) is 29.5 Å². The van der Waals surface area contributed by atoms with Crippen molar-refractivity contribution < 1.29 is 23.8 Å². The van der Waals surface area contributed by atoms with E-state index in [2.05, 4.69) is 10.6 Å². The maximum atomic E-state index is 13.2. The van der Waals surface area contributed by atoms with Crippen LogP contribution in [0.4, 0.5) is 0 Å². The number of methoxy groups -OCH3 is 3. The van der Waals surface area contributed by atoms with Crippen molar-refractivity contribution in [3.8, 4) is 17.2 Å². The average molecular weight is 445 g/mol. The maximum Gasteiger partial charge on any atom is 0.257 e. The Kier molecular flexibility index (Phi) is 8.82. The lowest BCUT2D eigenvalue weighted by Crippen LogP contribution is -2.43. The van der Waals surface area contributed by atoms with E-state index in [1.165, 1.54) is 34.2 Å². The first-order valence-corrected chi connectivity index (χ1v) is 11.7. The molecule has 0 bridgehead atoms. The van der Waals surface area contributed by atoms with Gasteiger partial charge in [0, 0.05) is 12.1 Å². The molecule has 3 rings (SSSR count). The van der Waals surface area contributed by atoms with E-state index in [4.69, 9.17) is 14.2 Å². The van der Waals surface area contributed by atoms with Crippen molar-refractivity contribution in [3.05, 3.63) is 23.3 Å². The van der Waals surface area contributed by atoms with Crippen molar-refractivity contribution in [1.29, 1.82) is 0 Å². The van der Waals surface area contributed by atoms with Crippen molar-refractivity contribution in [2.75, 3.05) is 21.3 Å². The van der Waals surface area contributed by atoms with Crippen LogP contribution in [0.3, 0.4) is 0 Å². The van der Waals surface area contributed by atoms with Crippen LogP contribution in [0.2, 0.25) is 0 Å². The minimum Gasteiger partial charge on any atom is -0.493 e. The van der Waals surface area contributed by atoms with Crippen LogP contribution in [0.15, 0.2) is 17.7 Å². The number of carbonyl (C=O) groups is 2. The third-order valence-corrected chi connectivity index (χ3v) is 6.37. The van der Waals surface area contributed by atoms with Gasteiger partial charge in [-0.3, -0.25) is 9.59 Å². The monoisotopic (exact) mass is 444 g/mol. The van der Waals surface area contributed by atoms with E-state index in [1.54, 1.807) is 18.2 Å². The Morgan fingerprint density at radius 2 is 1.19 bits per heavy atom. The Bertz CT molecular complexity index is 765. The normalized spacial score (nSPS) is 17.2. The highest BCUT2D eigenvalue weighted by molar-refractivity contribution is 6.21. The van der Waals surface area contributed by atoms with E-state index in [1.807, 2.05) is 0 Å². The number of ether oxygens (including phenoxy) is 3. The Labute approximate surface area is 190 Å². The topological polar surface area (TPSA) is 85.9 Å². The van der Waals surface area contributed by atoms with Crippen LogP contribution < -0.4 is 24.8 Å². The van der Waals surface area contributed by atoms with Crippen molar-refractivity contribution in [2.24, 2.45) is 0 Å². The van der Waals surface area contributed by atoms with Gasteiger partial charge in [0.2, 0.25) is 5.75 Å². The molecule has 0 heterocycles. The zero-order chi connectivity index (χ0) is 22.9. The zero-order valence-corrected chi connectivity index (χ0v) is 19.5. The van der Waals surface area contributed by atoms with Gasteiger partial charge in [0.1, 0.15) is 5.57 Å². The van der Waals surface area contributed by atoms with Gasteiger partial charge in [-0.25, -0.2) is 0 Å². The van der Waals surface area contributed by atoms with Crippen LogP contribution in [-0.4, -0.2) is 45.2 Å². The van der Waals surface area contributed by atoms with Gasteiger partial charge >= 0.3 is 0 Å². The summed E-state index contributed by atoms with van der Waals surface area (Å²) in [6.07, 6.45) is 12.2. The Balaban J connectivity index is 1.90. The first-order chi connectivity index (χ1) is 15.5. The van der Waals surface area contributed by atoms with E-state index in [0.717, 1.165) is 51.4 Å². The summed E-state index contributed by atoms with van der Waals surface area (Å²) in [5.41, 5.74) is 0.738. The minimum absolute atomic E-state index is 0.107. The predicted molar refractivity (Wildman–Crippen MR) is 124 cm³/mol. The molecule has 2 N–H and O–H groups in total. The highest BCUT2D eigenvalue weighted by atomic mass is 16.5. The molecule has 7 nitrogen and oxygen atoms in total. The fourth-order valence-electron chi connectivity index (χ4n) is 4.61. The highest BCUT2D eigenvalue weighted by Gasteiger charge is 2.25. The van der Waals surface area contributed by atoms with Gasteiger partial charge in [0.15, 0.2) is 11.5 Å². The summed E-state index contributed by atoms with van der Waals surface area (Å²) < 4.78 is 16.2. The second-order valence-corrected chi connectivity index (χ2v) is 8.63. The number of nitrogens with one attached hydrogen (secondary N) is 2. The fourth-order valence-corrected chi connectivity index (χ4v) is 4.61. The molecule has 1 aromatic carbocycles. The van der Waals surface area contributed by atoms with Crippen LogP contribution in [0.25, 0.3) is 6.08 Å². The summed E-state index contributed by atoms with van der Waals surface area (Å²) in [6, 6.07) is 3.70. The van der Waals surface area contributed by atoms with Crippen LogP contribution in [0.1, 0.15) is 69.8 Å². The molecular formula is C25H36N2O5. The molecule has 0 unspecified atom stereocenters. The molecule has 176 valence electrons. The molecule has 2 amide bonds. The minimum atomic E-state index is -0.334. The Morgan fingerprint density at radius 1 is 0.750 bits per heavy atom. The molecule has 0 aromatic heterocycles. The van der Waals surface area contributed by atoms with E-state index >= 15 is 0 Å². The zero-order valence-electron chi connectivity index (χ0n) is 19.5. The second-order valence-electron chi connectivity index (χ2n) is 8.63. The quantitative estimate of drug-likeness (QED) is 0.360. The molecule has 0 aliphatic heterocycles. The average Bonchev–Trinajstić information content (AvgIpc) is 2.82. The molecule has 7 heteroatoms. The summed E-state index contributed by atoms with van der Waals surface area (Å²) in [6.45, 7) is 0. The molecule has 32 heavy (non-hydrogen) atoms. The number of hydrogen-bond donors (Lipinski definition) is 2. The molecule has 0 spiro atoms. The van der Waals surface area contributed by atoms with Crippen molar-refractivity contribution in [3.63, 3.8) is 0 Å². The number of rotatable bonds is 8. The van der Waals surface area contributed by atoms with E-state index in [9.17, 15) is 9.59 Å². The predicted octanol–water partition coefficient (Wildman–Crippen LogP) is 3.99. The number of hydrogen-bond acceptors (Lipinski definition) is 5. The van der Waals surface area contributed by atoms with E-state index < -0.39 is 0 Å². The number of amides is 2. The van der Waals surface area contributed by atoms with Gasteiger partial charge in [0.25, 0.3) is 11.8 Å². The molecule has 2 saturated carbocycles. The molecule has 2 aliphatic carbocycles. The number of benzene rings is 1. The first-order valence-electron chi connectivity index (χ1n) is 11.7. The van der Waals surface area contributed by atoms with Gasteiger partial charge in [-0.2, -0.15) is 0 Å². The standard InChI is InChI=1S/C25H36N2O5/c1-30-21-15-17(16-22(31-2)23(21)32-3)14-20(24(28)26-18-10-6-4-7-11-18)25(29)27-19-12-8-5-9-13-19/h14-16,18-19H,4-13H2,1-3H3,(H,26,28)(H,27,29). The van der Waals surface area contributed by atoms with Gasteiger partial charge < -0.3 is 24.8 Å². The summed E-state index contributed by atoms with van der Waals surface area (Å²) in [4.78, 5) is 26.4. The SMILES string of the molecule is COc1cc(C=C(C(=O)NC2CCCCC2)C(=O)NC2CCCCC2)cc(OC)c1OC. The van der Waals surface area contributed by atoms with Gasteiger partial charge in [-0.1, -0.05) is 38.5 Å². The van der Waals surface area contributed by atoms with Gasteiger partial charge in [-0.15, -0.1) is 0 Å². The third kappa shape index (κ3) is 6.17. The highest BCUT2D eigenvalue weighted by Crippen LogP contribution is 2.38. The van der Waals surface area contributed by atoms with Gasteiger partial charge in [0.05, 0.1) is 21.3 Å². The Morgan fingerprint density at radius 3 is 1.56 bits per heavy atom. The lowest BCUT2D eigenvalue weighted by atomic mass is 9.94. The maximum absolute atomic E-state index is 13.2. The lowest BCUT2D eigenvalue weighted by molar-refractivity contribution is -0.124. The lowest BCUT2D eigenvalue weighted by Gasteiger charge is -2.25. The smallest absolute Gasteiger partial charge is 0.257 e. The molecule has 0 saturated heterocycles. The largest absolute Gasteiger partial charge is 0.493 e. The van der Waals surface area contributed by atoms with Crippen LogP contribution >= 0.6 is 0 Å². The van der Waals surface area contributed by atoms with Crippen molar-refractivity contribution >= 4 is 17.9 Å². The number of carbonyl (C=O) groups excluding carboxylic acids is 2. The summed E-state index contributed by atoms with van der Waals surface area (Å²) in [7, 11) is 4.62. The molecule has 1 aromatic rings. The Hall–Kier alpha value is -2.70. The van der Waals surface area contributed by atoms with Crippen LogP contribution in [-0.2, 0) is 9.59 Å². The molecule has 0 radical (unpaired) electrons. The van der Waals surface area contributed by atoms with Crippen molar-refractivity contribution in [1.82, 2.24) is 10.6 Å². The van der Waals surface area contributed by atoms with Crippen molar-refractivity contribution in [2.45, 2.75) is 76.3 Å². The van der Waals surface area contributed by atoms with Gasteiger partial charge in [-0.05, 0) is 49.5 Å². The van der Waals surface area contributed by atoms with Crippen LogP contribution in [0.5, 0.6) is 17.2 Å². The van der Waals surface area contributed by atoms with E-state index in [0.29, 0.717) is 22.8 Å². The summed E-state index contributed by atoms with van der Waals surface area (Å²) in [5.74, 6) is 0.737. The summed E-state index contributed by atoms with van der Waals surface area (Å²) in [5, 5.41) is 6.16. The second kappa shape index (κ2) is 11.8. The summed E-state index contributed by atoms with van der Waals surface area (Å²) >= 11 is 0. The molecule has 0 atom stereocenters.